The highest BCUT2D eigenvalue weighted by molar-refractivity contribution is 9.12. The lowest BCUT2D eigenvalue weighted by Gasteiger charge is -2.26. The van der Waals surface area contributed by atoms with Crippen LogP contribution >= 0.6 is 15.9 Å². The molecule has 1 rings (SSSR count). The predicted octanol–water partition coefficient (Wildman–Crippen LogP) is 1.95. The Hall–Kier alpha value is -1.10. The van der Waals surface area contributed by atoms with Crippen LogP contribution in [0, 0.1) is 5.41 Å². The van der Waals surface area contributed by atoms with E-state index in [1.807, 2.05) is 0 Å². The lowest BCUT2D eigenvalue weighted by Crippen LogP contribution is -2.29. The normalized spacial score (nSPS) is 24.2. The Morgan fingerprint density at radius 1 is 1.38 bits per heavy atom. The summed E-state index contributed by atoms with van der Waals surface area (Å²) in [4.78, 5) is 23.1. The maximum atomic E-state index is 11.6. The SMILES string of the molecule is COC(=O)C1=CC(C)(C(=O)OC)CC=C1Br. The van der Waals surface area contributed by atoms with E-state index in [2.05, 4.69) is 20.7 Å². The molecule has 1 atom stereocenters. The molecule has 0 radical (unpaired) electrons. The number of carbonyl (C=O) groups excluding carboxylic acids is 2. The van der Waals surface area contributed by atoms with Gasteiger partial charge in [-0.25, -0.2) is 4.79 Å². The van der Waals surface area contributed by atoms with Crippen LogP contribution in [0.4, 0.5) is 0 Å². The first-order valence-corrected chi connectivity index (χ1v) is 5.49. The van der Waals surface area contributed by atoms with Gasteiger partial charge in [-0.3, -0.25) is 4.79 Å². The van der Waals surface area contributed by atoms with E-state index < -0.39 is 11.4 Å². The zero-order valence-corrected chi connectivity index (χ0v) is 11.0. The maximum Gasteiger partial charge on any atom is 0.338 e. The van der Waals surface area contributed by atoms with E-state index in [0.29, 0.717) is 16.5 Å². The van der Waals surface area contributed by atoms with Gasteiger partial charge in [-0.05, 0) is 13.3 Å². The highest BCUT2D eigenvalue weighted by atomic mass is 79.9. The minimum atomic E-state index is -0.810. The summed E-state index contributed by atoms with van der Waals surface area (Å²) in [5.41, 5.74) is -0.461. The van der Waals surface area contributed by atoms with Gasteiger partial charge in [0, 0.05) is 4.48 Å². The van der Waals surface area contributed by atoms with E-state index >= 15 is 0 Å². The van der Waals surface area contributed by atoms with Gasteiger partial charge in [-0.2, -0.15) is 0 Å². The topological polar surface area (TPSA) is 52.6 Å². The van der Waals surface area contributed by atoms with Gasteiger partial charge in [-0.1, -0.05) is 28.1 Å². The number of rotatable bonds is 2. The van der Waals surface area contributed by atoms with Crippen molar-refractivity contribution < 1.29 is 19.1 Å². The van der Waals surface area contributed by atoms with Crippen LogP contribution in [-0.2, 0) is 19.1 Å². The molecular formula is C11H13BrO4. The summed E-state index contributed by atoms with van der Waals surface area (Å²) in [6.07, 6.45) is 3.83. The van der Waals surface area contributed by atoms with Gasteiger partial charge in [0.05, 0.1) is 25.2 Å². The molecule has 0 N–H and O–H groups in total. The lowest BCUT2D eigenvalue weighted by atomic mass is 9.81. The fraction of sp³-hybridized carbons (Fsp3) is 0.455. The van der Waals surface area contributed by atoms with Gasteiger partial charge < -0.3 is 9.47 Å². The molecule has 0 saturated heterocycles. The molecule has 16 heavy (non-hydrogen) atoms. The van der Waals surface area contributed by atoms with Crippen LogP contribution in [-0.4, -0.2) is 26.2 Å². The zero-order valence-electron chi connectivity index (χ0n) is 9.37. The Morgan fingerprint density at radius 3 is 2.50 bits per heavy atom. The number of hydrogen-bond donors (Lipinski definition) is 0. The van der Waals surface area contributed by atoms with E-state index in [0.717, 1.165) is 0 Å². The molecule has 1 aliphatic carbocycles. The first-order valence-electron chi connectivity index (χ1n) is 4.70. The average Bonchev–Trinajstić information content (AvgIpc) is 2.30. The van der Waals surface area contributed by atoms with Gasteiger partial charge in [0.15, 0.2) is 0 Å². The molecule has 5 heteroatoms. The van der Waals surface area contributed by atoms with Crippen LogP contribution in [0.15, 0.2) is 22.2 Å². The van der Waals surface area contributed by atoms with Gasteiger partial charge in [-0.15, -0.1) is 0 Å². The molecule has 0 aliphatic heterocycles. The molecule has 1 unspecified atom stereocenters. The summed E-state index contributed by atoms with van der Waals surface area (Å²) in [6, 6.07) is 0. The van der Waals surface area contributed by atoms with E-state index in [9.17, 15) is 9.59 Å². The van der Waals surface area contributed by atoms with Crippen LogP contribution in [0.5, 0.6) is 0 Å². The summed E-state index contributed by atoms with van der Waals surface area (Å²) in [6.45, 7) is 1.72. The number of halogens is 1. The van der Waals surface area contributed by atoms with E-state index in [4.69, 9.17) is 4.74 Å². The first kappa shape index (κ1) is 13.0. The fourth-order valence-electron chi connectivity index (χ4n) is 1.50. The van der Waals surface area contributed by atoms with Crippen molar-refractivity contribution in [1.82, 2.24) is 0 Å². The second-order valence-electron chi connectivity index (χ2n) is 3.71. The average molecular weight is 289 g/mol. The van der Waals surface area contributed by atoms with Crippen molar-refractivity contribution in [3.8, 4) is 0 Å². The quantitative estimate of drug-likeness (QED) is 0.729. The maximum absolute atomic E-state index is 11.6. The largest absolute Gasteiger partial charge is 0.468 e. The van der Waals surface area contributed by atoms with Crippen LogP contribution < -0.4 is 0 Å². The summed E-state index contributed by atoms with van der Waals surface area (Å²) in [7, 11) is 2.63. The smallest absolute Gasteiger partial charge is 0.338 e. The number of carbonyl (C=O) groups is 2. The first-order chi connectivity index (χ1) is 7.44. The van der Waals surface area contributed by atoms with Gasteiger partial charge >= 0.3 is 11.9 Å². The van der Waals surface area contributed by atoms with E-state index in [-0.39, 0.29) is 5.97 Å². The van der Waals surface area contributed by atoms with Crippen molar-refractivity contribution in [3.05, 3.63) is 22.2 Å². The molecule has 0 aromatic rings. The van der Waals surface area contributed by atoms with Gasteiger partial charge in [0.25, 0.3) is 0 Å². The van der Waals surface area contributed by atoms with Crippen molar-refractivity contribution in [1.29, 1.82) is 0 Å². The lowest BCUT2D eigenvalue weighted by molar-refractivity contribution is -0.148. The van der Waals surface area contributed by atoms with Crippen molar-refractivity contribution >= 4 is 27.9 Å². The summed E-state index contributed by atoms with van der Waals surface area (Å²) >= 11 is 3.26. The Bertz CT molecular complexity index is 383. The summed E-state index contributed by atoms with van der Waals surface area (Å²) < 4.78 is 9.99. The molecule has 0 spiro atoms. The van der Waals surface area contributed by atoms with Crippen molar-refractivity contribution in [2.45, 2.75) is 13.3 Å². The molecule has 0 aromatic heterocycles. The van der Waals surface area contributed by atoms with Gasteiger partial charge in [0.1, 0.15) is 0 Å². The standard InChI is InChI=1S/C11H13BrO4/c1-11(10(14)16-3)5-4-8(12)7(6-11)9(13)15-2/h4,6H,5H2,1-3H3. The van der Waals surface area contributed by atoms with Crippen LogP contribution in [0.1, 0.15) is 13.3 Å². The molecule has 0 saturated carbocycles. The minimum Gasteiger partial charge on any atom is -0.468 e. The summed E-state index contributed by atoms with van der Waals surface area (Å²) in [5, 5.41) is 0. The number of esters is 2. The van der Waals surface area contributed by atoms with E-state index in [1.165, 1.54) is 14.2 Å². The molecule has 0 aromatic carbocycles. The van der Waals surface area contributed by atoms with Crippen LogP contribution in [0.2, 0.25) is 0 Å². The molecule has 0 heterocycles. The molecule has 1 aliphatic rings. The van der Waals surface area contributed by atoms with Crippen LogP contribution in [0.25, 0.3) is 0 Å². The molecular weight excluding hydrogens is 276 g/mol. The highest BCUT2D eigenvalue weighted by Gasteiger charge is 2.36. The molecule has 0 fully saturated rings. The number of allylic oxidation sites excluding steroid dienone is 1. The molecule has 0 bridgehead atoms. The second-order valence-corrected chi connectivity index (χ2v) is 4.57. The van der Waals surface area contributed by atoms with Crippen molar-refractivity contribution in [3.63, 3.8) is 0 Å². The monoisotopic (exact) mass is 288 g/mol. The minimum absolute atomic E-state index is 0.349. The van der Waals surface area contributed by atoms with Gasteiger partial charge in [0.2, 0.25) is 0 Å². The number of methoxy groups -OCH3 is 2. The molecule has 0 amide bonds. The third-order valence-electron chi connectivity index (χ3n) is 2.48. The Labute approximate surface area is 102 Å². The van der Waals surface area contributed by atoms with Crippen molar-refractivity contribution in [2.24, 2.45) is 5.41 Å². The number of hydrogen-bond acceptors (Lipinski definition) is 4. The van der Waals surface area contributed by atoms with Crippen LogP contribution in [0.3, 0.4) is 0 Å². The molecule has 88 valence electrons. The Balaban J connectivity index is 3.09. The Kier molecular flexibility index (Phi) is 3.91. The summed E-state index contributed by atoms with van der Waals surface area (Å²) in [5.74, 6) is -0.844. The van der Waals surface area contributed by atoms with Crippen molar-refractivity contribution in [2.75, 3.05) is 14.2 Å². The second kappa shape index (κ2) is 4.82. The Morgan fingerprint density at radius 2 is 2.00 bits per heavy atom. The fourth-order valence-corrected chi connectivity index (χ4v) is 1.94. The molecule has 4 nitrogen and oxygen atoms in total. The number of ether oxygens (including phenoxy) is 2. The highest BCUT2D eigenvalue weighted by Crippen LogP contribution is 2.36. The third kappa shape index (κ3) is 2.35. The predicted molar refractivity (Wildman–Crippen MR) is 61.8 cm³/mol. The third-order valence-corrected chi connectivity index (χ3v) is 3.23. The zero-order chi connectivity index (χ0) is 12.3. The van der Waals surface area contributed by atoms with E-state index in [1.54, 1.807) is 19.1 Å².